The van der Waals surface area contributed by atoms with E-state index in [-0.39, 0.29) is 11.7 Å². The van der Waals surface area contributed by atoms with Gasteiger partial charge in [0, 0.05) is 10.4 Å². The topological polar surface area (TPSA) is 66.6 Å². The van der Waals surface area contributed by atoms with E-state index in [4.69, 9.17) is 0 Å². The molecule has 0 spiro atoms. The molecule has 2 N–H and O–H groups in total. The average Bonchev–Trinajstić information content (AvgIpc) is 3.04. The molecule has 154 valence electrons. The van der Waals surface area contributed by atoms with Crippen molar-refractivity contribution < 1.29 is 23.2 Å². The maximum Gasteiger partial charge on any atom is 0.387 e. The van der Waals surface area contributed by atoms with Gasteiger partial charge in [-0.1, -0.05) is 0 Å². The quantitative estimate of drug-likeness (QED) is 0.690. The second-order valence-corrected chi connectivity index (χ2v) is 8.34. The molecule has 1 aliphatic carbocycles. The maximum absolute atomic E-state index is 12.4. The molecule has 1 amide bonds. The first kappa shape index (κ1) is 21.2. The van der Waals surface area contributed by atoms with Crippen LogP contribution in [0.15, 0.2) is 24.3 Å². The lowest BCUT2D eigenvalue weighted by atomic mass is 9.96. The third-order valence-electron chi connectivity index (χ3n) is 4.97. The van der Waals surface area contributed by atoms with Crippen molar-refractivity contribution in [3.63, 3.8) is 0 Å². The molecule has 1 atom stereocenters. The fourth-order valence-corrected chi connectivity index (χ4v) is 4.77. The third-order valence-corrected chi connectivity index (χ3v) is 6.18. The van der Waals surface area contributed by atoms with Gasteiger partial charge in [-0.3, -0.25) is 4.79 Å². The highest BCUT2D eigenvalue weighted by Crippen LogP contribution is 2.37. The monoisotopic (exact) mass is 420 g/mol. The lowest BCUT2D eigenvalue weighted by Gasteiger charge is -2.14. The smallest absolute Gasteiger partial charge is 0.387 e. The molecule has 0 fully saturated rings. The van der Waals surface area contributed by atoms with Crippen LogP contribution in [0.2, 0.25) is 0 Å². The minimum Gasteiger partial charge on any atom is -0.435 e. The van der Waals surface area contributed by atoms with Crippen molar-refractivity contribution in [1.82, 2.24) is 0 Å². The number of quaternary nitrogens is 1. The predicted molar refractivity (Wildman–Crippen MR) is 107 cm³/mol. The Labute approximate surface area is 172 Å². The van der Waals surface area contributed by atoms with Crippen LogP contribution >= 0.6 is 11.3 Å². The number of nitrogens with one attached hydrogen (secondary N) is 2. The molecule has 0 aliphatic heterocycles. The number of nitrogens with zero attached hydrogens (tertiary/aromatic N) is 1. The van der Waals surface area contributed by atoms with Gasteiger partial charge in [-0.25, -0.2) is 0 Å². The predicted octanol–water partition coefficient (Wildman–Crippen LogP) is 3.14. The van der Waals surface area contributed by atoms with Crippen LogP contribution in [0.3, 0.4) is 0 Å². The molecule has 0 bridgehead atoms. The number of fused-ring (bicyclic) bond motifs is 1. The number of amides is 1. The Kier molecular flexibility index (Phi) is 7.18. The number of thiophene rings is 1. The first-order valence-corrected chi connectivity index (χ1v) is 10.5. The van der Waals surface area contributed by atoms with Gasteiger partial charge >= 0.3 is 6.61 Å². The van der Waals surface area contributed by atoms with Crippen molar-refractivity contribution in [1.29, 1.82) is 5.26 Å². The molecule has 1 heterocycles. The number of carbonyl (C=O) groups is 1. The molecule has 1 aliphatic rings. The summed E-state index contributed by atoms with van der Waals surface area (Å²) in [7, 11) is 1.97. The summed E-state index contributed by atoms with van der Waals surface area (Å²) in [5.74, 6) is 0.0350. The van der Waals surface area contributed by atoms with Crippen LogP contribution in [0, 0.1) is 11.3 Å². The van der Waals surface area contributed by atoms with E-state index in [1.807, 2.05) is 7.05 Å². The molecule has 1 aromatic carbocycles. The van der Waals surface area contributed by atoms with Gasteiger partial charge in [0.15, 0.2) is 0 Å². The zero-order valence-electron chi connectivity index (χ0n) is 16.3. The minimum atomic E-state index is -2.83. The Hall–Kier alpha value is -2.50. The summed E-state index contributed by atoms with van der Waals surface area (Å²) in [6, 6.07) is 8.78. The van der Waals surface area contributed by atoms with Crippen LogP contribution < -0.4 is 15.0 Å². The fraction of sp³-hybridized carbons (Fsp3) is 0.429. The standard InChI is InChI=1S/C21H23F2N3O2S/c1-26(13-14-6-8-15(9-7-14)28-21(22)23)11-10-19(27)25-20-17(12-24)16-4-2-3-5-18(16)29-20/h6-9,21H,2-5,10-11,13H2,1H3,(H,25,27)/p+1. The molecule has 5 nitrogen and oxygen atoms in total. The van der Waals surface area contributed by atoms with E-state index in [0.29, 0.717) is 30.1 Å². The van der Waals surface area contributed by atoms with Gasteiger partial charge in [-0.2, -0.15) is 14.0 Å². The Morgan fingerprint density at radius 2 is 2.03 bits per heavy atom. The summed E-state index contributed by atoms with van der Waals surface area (Å²) in [4.78, 5) is 14.7. The van der Waals surface area contributed by atoms with Crippen LogP contribution in [0.4, 0.5) is 13.8 Å². The number of rotatable bonds is 8. The Morgan fingerprint density at radius 1 is 1.31 bits per heavy atom. The second-order valence-electron chi connectivity index (χ2n) is 7.23. The molecule has 1 aromatic heterocycles. The molecule has 0 saturated heterocycles. The number of ether oxygens (including phenoxy) is 1. The van der Waals surface area contributed by atoms with Crippen molar-refractivity contribution in [2.75, 3.05) is 18.9 Å². The number of hydrogen-bond acceptors (Lipinski definition) is 4. The Bertz CT molecular complexity index is 891. The van der Waals surface area contributed by atoms with Crippen LogP contribution in [-0.2, 0) is 24.2 Å². The van der Waals surface area contributed by atoms with Gasteiger partial charge in [-0.15, -0.1) is 11.3 Å². The second kappa shape index (κ2) is 9.81. The summed E-state index contributed by atoms with van der Waals surface area (Å²) in [6.45, 7) is -1.55. The van der Waals surface area contributed by atoms with Crippen LogP contribution in [0.5, 0.6) is 5.75 Å². The van der Waals surface area contributed by atoms with Gasteiger partial charge in [0.25, 0.3) is 0 Å². The van der Waals surface area contributed by atoms with Gasteiger partial charge in [-0.05, 0) is 55.5 Å². The summed E-state index contributed by atoms with van der Waals surface area (Å²) >= 11 is 1.53. The van der Waals surface area contributed by atoms with E-state index in [0.717, 1.165) is 41.7 Å². The number of anilines is 1. The molecule has 1 unspecified atom stereocenters. The number of carbonyl (C=O) groups excluding carboxylic acids is 1. The number of benzene rings is 1. The molecule has 2 aromatic rings. The van der Waals surface area contributed by atoms with E-state index < -0.39 is 6.61 Å². The zero-order chi connectivity index (χ0) is 20.8. The Balaban J connectivity index is 1.49. The summed E-state index contributed by atoms with van der Waals surface area (Å²) in [6.07, 6.45) is 4.47. The van der Waals surface area contributed by atoms with E-state index in [2.05, 4.69) is 16.1 Å². The highest BCUT2D eigenvalue weighted by atomic mass is 32.1. The summed E-state index contributed by atoms with van der Waals surface area (Å²) < 4.78 is 28.7. The van der Waals surface area contributed by atoms with E-state index in [1.54, 1.807) is 12.1 Å². The molecule has 0 saturated carbocycles. The Morgan fingerprint density at radius 3 is 2.72 bits per heavy atom. The zero-order valence-corrected chi connectivity index (χ0v) is 17.1. The van der Waals surface area contributed by atoms with Gasteiger partial charge in [0.2, 0.25) is 5.91 Å². The summed E-state index contributed by atoms with van der Waals surface area (Å²) in [5, 5.41) is 13.1. The highest BCUT2D eigenvalue weighted by Gasteiger charge is 2.22. The van der Waals surface area contributed by atoms with Crippen molar-refractivity contribution in [3.05, 3.63) is 45.8 Å². The first-order valence-electron chi connectivity index (χ1n) is 9.65. The maximum atomic E-state index is 12.4. The third kappa shape index (κ3) is 5.75. The number of alkyl halides is 2. The molecular formula is C21H24F2N3O2S+. The van der Waals surface area contributed by atoms with Crippen molar-refractivity contribution in [2.24, 2.45) is 0 Å². The summed E-state index contributed by atoms with van der Waals surface area (Å²) in [5.41, 5.74) is 2.72. The van der Waals surface area contributed by atoms with Gasteiger partial charge < -0.3 is 15.0 Å². The molecule has 0 radical (unpaired) electrons. The molecule has 29 heavy (non-hydrogen) atoms. The van der Waals surface area contributed by atoms with E-state index in [9.17, 15) is 18.8 Å². The molecule has 8 heteroatoms. The first-order chi connectivity index (χ1) is 14.0. The average molecular weight is 421 g/mol. The number of nitriles is 1. The lowest BCUT2D eigenvalue weighted by Crippen LogP contribution is -3.07. The molecular weight excluding hydrogens is 396 g/mol. The largest absolute Gasteiger partial charge is 0.435 e. The van der Waals surface area contributed by atoms with Crippen molar-refractivity contribution >= 4 is 22.2 Å². The van der Waals surface area contributed by atoms with Gasteiger partial charge in [0.05, 0.1) is 25.6 Å². The number of hydrogen-bond donors (Lipinski definition) is 2. The normalized spacial score (nSPS) is 14.2. The minimum absolute atomic E-state index is 0.0971. The number of halogens is 2. The van der Waals surface area contributed by atoms with E-state index in [1.165, 1.54) is 28.3 Å². The van der Waals surface area contributed by atoms with Gasteiger partial charge in [0.1, 0.15) is 23.4 Å². The lowest BCUT2D eigenvalue weighted by molar-refractivity contribution is -0.893. The van der Waals surface area contributed by atoms with Crippen LogP contribution in [0.25, 0.3) is 0 Å². The highest BCUT2D eigenvalue weighted by molar-refractivity contribution is 7.16. The van der Waals surface area contributed by atoms with Crippen LogP contribution in [-0.4, -0.2) is 26.1 Å². The SMILES string of the molecule is C[NH+](CCC(=O)Nc1sc2c(c1C#N)CCCC2)Cc1ccc(OC(F)F)cc1. The van der Waals surface area contributed by atoms with Crippen LogP contribution in [0.1, 0.15) is 40.8 Å². The van der Waals surface area contributed by atoms with Crippen molar-refractivity contribution in [3.8, 4) is 11.8 Å². The molecule has 3 rings (SSSR count). The number of aryl methyl sites for hydroxylation is 1. The van der Waals surface area contributed by atoms with Crippen molar-refractivity contribution in [2.45, 2.75) is 45.3 Å². The fourth-order valence-electron chi connectivity index (χ4n) is 3.51. The van der Waals surface area contributed by atoms with E-state index >= 15 is 0 Å².